The lowest BCUT2D eigenvalue weighted by molar-refractivity contribution is -0.139. The molecule has 0 aliphatic heterocycles. The number of hydrogen-bond acceptors (Lipinski definition) is 2. The summed E-state index contributed by atoms with van der Waals surface area (Å²) in [5.74, 6) is -0.938. The van der Waals surface area contributed by atoms with E-state index in [4.69, 9.17) is 5.11 Å². The van der Waals surface area contributed by atoms with Gasteiger partial charge in [0.1, 0.15) is 0 Å². The summed E-state index contributed by atoms with van der Waals surface area (Å²) >= 11 is 0. The van der Waals surface area contributed by atoms with E-state index in [1.165, 1.54) is 0 Å². The highest BCUT2D eigenvalue weighted by atomic mass is 16.4. The van der Waals surface area contributed by atoms with Crippen LogP contribution < -0.4 is 5.32 Å². The van der Waals surface area contributed by atoms with Crippen LogP contribution in [0.5, 0.6) is 0 Å². The maximum atomic E-state index is 11.5. The van der Waals surface area contributed by atoms with Crippen LogP contribution in [0.1, 0.15) is 47.0 Å². The fourth-order valence-electron chi connectivity index (χ4n) is 1.33. The van der Waals surface area contributed by atoms with Gasteiger partial charge in [-0.2, -0.15) is 0 Å². The molecule has 0 aromatic rings. The molecule has 1 atom stereocenters. The van der Waals surface area contributed by atoms with Crippen molar-refractivity contribution in [1.29, 1.82) is 0 Å². The van der Waals surface area contributed by atoms with Gasteiger partial charge in [-0.15, -0.1) is 0 Å². The minimum Gasteiger partial charge on any atom is -0.481 e. The molecular weight excluding hydrogens is 194 g/mol. The molecular formula is C11H21NO3. The van der Waals surface area contributed by atoms with Gasteiger partial charge in [-0.05, 0) is 18.8 Å². The number of carboxylic acid groups (broad SMARTS) is 1. The second kappa shape index (κ2) is 5.73. The zero-order chi connectivity index (χ0) is 12.1. The molecule has 0 heterocycles. The second-order valence-electron chi connectivity index (χ2n) is 4.79. The van der Waals surface area contributed by atoms with Crippen LogP contribution in [-0.2, 0) is 9.59 Å². The first-order chi connectivity index (χ1) is 6.76. The molecule has 1 amide bonds. The lowest BCUT2D eigenvalue weighted by atomic mass is 9.85. The van der Waals surface area contributed by atoms with Gasteiger partial charge in [0, 0.05) is 12.5 Å². The molecule has 0 fully saturated rings. The summed E-state index contributed by atoms with van der Waals surface area (Å²) in [5, 5.41) is 11.5. The van der Waals surface area contributed by atoms with Gasteiger partial charge in [0.25, 0.3) is 0 Å². The summed E-state index contributed by atoms with van der Waals surface area (Å²) < 4.78 is 0. The minimum absolute atomic E-state index is 0.0148. The fourth-order valence-corrected chi connectivity index (χ4v) is 1.33. The van der Waals surface area contributed by atoms with Gasteiger partial charge in [0.2, 0.25) is 5.91 Å². The minimum atomic E-state index is -0.865. The van der Waals surface area contributed by atoms with E-state index >= 15 is 0 Å². The second-order valence-corrected chi connectivity index (χ2v) is 4.79. The van der Waals surface area contributed by atoms with Gasteiger partial charge < -0.3 is 10.4 Å². The van der Waals surface area contributed by atoms with Crippen molar-refractivity contribution in [3.8, 4) is 0 Å². The van der Waals surface area contributed by atoms with Gasteiger partial charge >= 0.3 is 5.97 Å². The van der Waals surface area contributed by atoms with Gasteiger partial charge in [0.05, 0.1) is 6.42 Å². The van der Waals surface area contributed by atoms with Crippen molar-refractivity contribution in [3.63, 3.8) is 0 Å². The molecule has 88 valence electrons. The molecule has 0 bridgehead atoms. The van der Waals surface area contributed by atoms with Crippen molar-refractivity contribution >= 4 is 11.9 Å². The van der Waals surface area contributed by atoms with E-state index in [2.05, 4.69) is 5.32 Å². The SMILES string of the molecule is CCC(C)NC(=O)CC(C)(C)CC(=O)O. The lowest BCUT2D eigenvalue weighted by Gasteiger charge is -2.22. The normalized spacial score (nSPS) is 13.3. The Hall–Kier alpha value is -1.06. The van der Waals surface area contributed by atoms with E-state index < -0.39 is 11.4 Å². The third-order valence-electron chi connectivity index (χ3n) is 2.29. The number of nitrogens with one attached hydrogen (secondary N) is 1. The smallest absolute Gasteiger partial charge is 0.303 e. The van der Waals surface area contributed by atoms with E-state index in [-0.39, 0.29) is 24.8 Å². The maximum absolute atomic E-state index is 11.5. The molecule has 1 unspecified atom stereocenters. The van der Waals surface area contributed by atoms with E-state index in [1.54, 1.807) is 13.8 Å². The van der Waals surface area contributed by atoms with E-state index in [1.807, 2.05) is 13.8 Å². The number of rotatable bonds is 6. The van der Waals surface area contributed by atoms with Gasteiger partial charge in [0.15, 0.2) is 0 Å². The number of carboxylic acids is 1. The van der Waals surface area contributed by atoms with Crippen molar-refractivity contribution in [2.24, 2.45) is 5.41 Å². The lowest BCUT2D eigenvalue weighted by Crippen LogP contribution is -2.35. The fraction of sp³-hybridized carbons (Fsp3) is 0.818. The Morgan fingerprint density at radius 3 is 2.27 bits per heavy atom. The number of hydrogen-bond donors (Lipinski definition) is 2. The highest BCUT2D eigenvalue weighted by Gasteiger charge is 2.25. The average molecular weight is 215 g/mol. The van der Waals surface area contributed by atoms with Crippen molar-refractivity contribution in [3.05, 3.63) is 0 Å². The molecule has 0 saturated heterocycles. The van der Waals surface area contributed by atoms with E-state index in [9.17, 15) is 9.59 Å². The van der Waals surface area contributed by atoms with Crippen LogP contribution in [0.15, 0.2) is 0 Å². The average Bonchev–Trinajstić information content (AvgIpc) is 1.99. The van der Waals surface area contributed by atoms with Crippen molar-refractivity contribution in [2.75, 3.05) is 0 Å². The summed E-state index contributed by atoms with van der Waals surface area (Å²) in [6.07, 6.45) is 1.15. The molecule has 2 N–H and O–H groups in total. The molecule has 0 saturated carbocycles. The van der Waals surface area contributed by atoms with Crippen LogP contribution in [0.4, 0.5) is 0 Å². The molecule has 4 nitrogen and oxygen atoms in total. The predicted octanol–water partition coefficient (Wildman–Crippen LogP) is 1.79. The molecule has 0 aromatic carbocycles. The number of carbonyl (C=O) groups is 2. The third kappa shape index (κ3) is 6.94. The van der Waals surface area contributed by atoms with Gasteiger partial charge in [-0.25, -0.2) is 0 Å². The third-order valence-corrected chi connectivity index (χ3v) is 2.29. The molecule has 15 heavy (non-hydrogen) atoms. The summed E-state index contributed by atoms with van der Waals surface area (Å²) in [4.78, 5) is 22.0. The molecule has 0 spiro atoms. The Kier molecular flexibility index (Phi) is 5.33. The number of aliphatic carboxylic acids is 1. The van der Waals surface area contributed by atoms with Crippen LogP contribution >= 0.6 is 0 Å². The standard InChI is InChI=1S/C11H21NO3/c1-5-8(2)12-9(13)6-11(3,4)7-10(14)15/h8H,5-7H2,1-4H3,(H,12,13)(H,14,15). The quantitative estimate of drug-likeness (QED) is 0.710. The first-order valence-electron chi connectivity index (χ1n) is 5.28. The Balaban J connectivity index is 4.09. The highest BCUT2D eigenvalue weighted by molar-refractivity contribution is 5.78. The Bertz CT molecular complexity index is 236. The number of carbonyl (C=O) groups excluding carboxylic acids is 1. The van der Waals surface area contributed by atoms with Crippen LogP contribution in [0.2, 0.25) is 0 Å². The van der Waals surface area contributed by atoms with Crippen molar-refractivity contribution in [2.45, 2.75) is 53.0 Å². The zero-order valence-electron chi connectivity index (χ0n) is 9.96. The largest absolute Gasteiger partial charge is 0.481 e. The summed E-state index contributed by atoms with van der Waals surface area (Å²) in [5.41, 5.74) is -0.483. The first-order valence-corrected chi connectivity index (χ1v) is 5.28. The summed E-state index contributed by atoms with van der Waals surface area (Å²) in [7, 11) is 0. The molecule has 0 rings (SSSR count). The molecule has 0 radical (unpaired) electrons. The van der Waals surface area contributed by atoms with E-state index in [0.29, 0.717) is 0 Å². The van der Waals surface area contributed by atoms with Gasteiger partial charge in [-0.1, -0.05) is 20.8 Å². The van der Waals surface area contributed by atoms with Crippen molar-refractivity contribution in [1.82, 2.24) is 5.32 Å². The molecule has 4 heteroatoms. The molecule has 0 aliphatic carbocycles. The van der Waals surface area contributed by atoms with Crippen LogP contribution in [0.25, 0.3) is 0 Å². The van der Waals surface area contributed by atoms with Crippen molar-refractivity contribution < 1.29 is 14.7 Å². The highest BCUT2D eigenvalue weighted by Crippen LogP contribution is 2.24. The Morgan fingerprint density at radius 1 is 1.33 bits per heavy atom. The number of amides is 1. The van der Waals surface area contributed by atoms with E-state index in [0.717, 1.165) is 6.42 Å². The summed E-state index contributed by atoms with van der Waals surface area (Å²) in [6, 6.07) is 0.151. The maximum Gasteiger partial charge on any atom is 0.303 e. The topological polar surface area (TPSA) is 66.4 Å². The van der Waals surface area contributed by atoms with Gasteiger partial charge in [-0.3, -0.25) is 9.59 Å². The summed E-state index contributed by atoms with van der Waals surface area (Å²) in [6.45, 7) is 7.50. The Labute approximate surface area is 91.1 Å². The predicted molar refractivity (Wildman–Crippen MR) is 58.5 cm³/mol. The first kappa shape index (κ1) is 13.9. The van der Waals surface area contributed by atoms with Crippen LogP contribution in [-0.4, -0.2) is 23.0 Å². The Morgan fingerprint density at radius 2 is 1.87 bits per heavy atom. The zero-order valence-corrected chi connectivity index (χ0v) is 9.96. The van der Waals surface area contributed by atoms with Crippen LogP contribution in [0, 0.1) is 5.41 Å². The monoisotopic (exact) mass is 215 g/mol. The molecule has 0 aromatic heterocycles. The van der Waals surface area contributed by atoms with Crippen LogP contribution in [0.3, 0.4) is 0 Å². The molecule has 0 aliphatic rings.